The molecule has 0 saturated carbocycles. The Morgan fingerprint density at radius 2 is 0.788 bits per heavy atom. The Kier molecular flexibility index (Phi) is 12.7. The van der Waals surface area contributed by atoms with E-state index in [1.807, 2.05) is 0 Å². The first-order chi connectivity index (χ1) is 25.3. The van der Waals surface area contributed by atoms with Crippen LogP contribution in [0.1, 0.15) is 51.8 Å². The highest BCUT2D eigenvalue weighted by atomic mass is 16.6. The van der Waals surface area contributed by atoms with Crippen LogP contribution in [-0.2, 0) is 23.7 Å². The quantitative estimate of drug-likeness (QED) is 0.122. The summed E-state index contributed by atoms with van der Waals surface area (Å²) in [7, 11) is 0. The van der Waals surface area contributed by atoms with Crippen LogP contribution in [0.3, 0.4) is 0 Å². The van der Waals surface area contributed by atoms with Gasteiger partial charge in [0.15, 0.2) is 18.3 Å². The Bertz CT molecular complexity index is 1940. The molecule has 0 aliphatic heterocycles. The number of carbonyl (C=O) groups is 5. The molecule has 4 atom stereocenters. The molecule has 52 heavy (non-hydrogen) atoms. The van der Waals surface area contributed by atoms with E-state index in [1.165, 1.54) is 123 Å². The van der Waals surface area contributed by atoms with Gasteiger partial charge in [0.05, 0.1) is 27.8 Å². The van der Waals surface area contributed by atoms with Crippen molar-refractivity contribution in [2.45, 2.75) is 24.4 Å². The number of rotatable bonds is 15. The van der Waals surface area contributed by atoms with E-state index < -0.39 is 67.5 Å². The largest absolute Gasteiger partial charge is 0.459 e. The lowest BCUT2D eigenvalue weighted by molar-refractivity contribution is -0.136. The Balaban J connectivity index is 1.54. The van der Waals surface area contributed by atoms with Gasteiger partial charge in [0.1, 0.15) is 19.3 Å². The zero-order chi connectivity index (χ0) is 36.7. The lowest BCUT2D eigenvalue weighted by Crippen LogP contribution is -2.53. The van der Waals surface area contributed by atoms with Crippen molar-refractivity contribution in [3.8, 4) is 0 Å². The number of pyridine rings is 5. The lowest BCUT2D eigenvalue weighted by Gasteiger charge is -2.34. The topological polar surface area (TPSA) is 216 Å². The molecule has 0 amide bonds. The molecule has 264 valence electrons. The number of aromatic nitrogens is 5. The Labute approximate surface area is 295 Å². The van der Waals surface area contributed by atoms with Gasteiger partial charge in [-0.15, -0.1) is 0 Å². The van der Waals surface area contributed by atoms with Gasteiger partial charge >= 0.3 is 29.8 Å². The first kappa shape index (κ1) is 36.3. The third-order valence-electron chi connectivity index (χ3n) is 7.06. The number of esters is 5. The van der Waals surface area contributed by atoms with Gasteiger partial charge in [-0.1, -0.05) is 0 Å². The van der Waals surface area contributed by atoms with Crippen LogP contribution in [0.15, 0.2) is 123 Å². The summed E-state index contributed by atoms with van der Waals surface area (Å²) in [6, 6.07) is 14.3. The molecule has 0 saturated heterocycles. The molecule has 1 N–H and O–H groups in total. The molecule has 0 bridgehead atoms. The van der Waals surface area contributed by atoms with Gasteiger partial charge in [-0.25, -0.2) is 24.0 Å². The first-order valence-corrected chi connectivity index (χ1v) is 15.5. The molecule has 16 heteroatoms. The minimum absolute atomic E-state index is 0.0330. The molecule has 0 radical (unpaired) electrons. The number of hydrogen-bond acceptors (Lipinski definition) is 16. The number of hydrogen-bond donors (Lipinski definition) is 1. The van der Waals surface area contributed by atoms with Gasteiger partial charge in [-0.2, -0.15) is 0 Å². The van der Waals surface area contributed by atoms with Crippen molar-refractivity contribution in [1.29, 1.82) is 0 Å². The molecule has 16 nitrogen and oxygen atoms in total. The van der Waals surface area contributed by atoms with Crippen LogP contribution in [0.25, 0.3) is 0 Å². The van der Waals surface area contributed by atoms with Crippen molar-refractivity contribution >= 4 is 29.8 Å². The molecular formula is C36H29N5O11. The number of nitrogens with zero attached hydrogens (tertiary/aromatic N) is 5. The molecule has 0 aliphatic rings. The number of aliphatic hydroxyl groups excluding tert-OH is 1. The highest BCUT2D eigenvalue weighted by Gasteiger charge is 2.44. The molecule has 0 aromatic carbocycles. The maximum absolute atomic E-state index is 13.6. The molecule has 5 heterocycles. The second-order valence-corrected chi connectivity index (χ2v) is 10.7. The van der Waals surface area contributed by atoms with Crippen molar-refractivity contribution in [2.75, 3.05) is 13.2 Å². The normalized spacial score (nSPS) is 12.9. The predicted molar refractivity (Wildman–Crippen MR) is 175 cm³/mol. The Hall–Kier alpha value is -6.94. The second kappa shape index (κ2) is 18.2. The molecule has 0 aliphatic carbocycles. The van der Waals surface area contributed by atoms with E-state index in [4.69, 9.17) is 23.7 Å². The summed E-state index contributed by atoms with van der Waals surface area (Å²) in [6.07, 6.45) is 5.54. The maximum Gasteiger partial charge on any atom is 0.340 e. The van der Waals surface area contributed by atoms with Crippen LogP contribution in [0.2, 0.25) is 0 Å². The van der Waals surface area contributed by atoms with Gasteiger partial charge in [0, 0.05) is 62.0 Å². The van der Waals surface area contributed by atoms with Crippen molar-refractivity contribution in [3.63, 3.8) is 0 Å². The maximum atomic E-state index is 13.6. The molecule has 5 rings (SSSR count). The number of ether oxygens (including phenoxy) is 5. The molecule has 5 aromatic rings. The monoisotopic (exact) mass is 707 g/mol. The predicted octanol–water partition coefficient (Wildman–Crippen LogP) is 2.71. The van der Waals surface area contributed by atoms with Crippen molar-refractivity contribution in [2.24, 2.45) is 0 Å². The molecular weight excluding hydrogens is 678 g/mol. The summed E-state index contributed by atoms with van der Waals surface area (Å²) in [5.41, 5.74) is -0.115. The van der Waals surface area contributed by atoms with Gasteiger partial charge in [-0.3, -0.25) is 24.9 Å². The van der Waals surface area contributed by atoms with E-state index >= 15 is 0 Å². The average molecular weight is 708 g/mol. The average Bonchev–Trinajstić information content (AvgIpc) is 3.21. The van der Waals surface area contributed by atoms with Gasteiger partial charge < -0.3 is 28.8 Å². The summed E-state index contributed by atoms with van der Waals surface area (Å²) >= 11 is 0. The van der Waals surface area contributed by atoms with E-state index in [-0.39, 0.29) is 27.8 Å². The lowest BCUT2D eigenvalue weighted by atomic mass is 10.0. The van der Waals surface area contributed by atoms with Crippen LogP contribution in [-0.4, -0.2) is 97.5 Å². The number of aliphatic hydroxyl groups is 1. The van der Waals surface area contributed by atoms with E-state index in [0.717, 1.165) is 0 Å². The van der Waals surface area contributed by atoms with Crippen LogP contribution in [0.4, 0.5) is 0 Å². The zero-order valence-electron chi connectivity index (χ0n) is 27.0. The van der Waals surface area contributed by atoms with E-state index in [2.05, 4.69) is 24.9 Å². The standard InChI is InChI=1S/C36H29N5O11/c42-28(21-48-32(43)23-6-1-11-37-16-23)30(51-35(46)26-9-4-14-40-19-26)31(52-36(47)27-10-5-15-41-20-27)29(50-34(45)25-8-3-13-39-18-25)22-49-33(44)24-7-2-12-38-17-24/h1-20,28-31,42H,21-22H2/t28-,29-,30-,31-/m1/s1. The van der Waals surface area contributed by atoms with Crippen LogP contribution in [0, 0.1) is 0 Å². The van der Waals surface area contributed by atoms with Crippen LogP contribution < -0.4 is 0 Å². The highest BCUT2D eigenvalue weighted by Crippen LogP contribution is 2.22. The fourth-order valence-corrected chi connectivity index (χ4v) is 4.50. The van der Waals surface area contributed by atoms with E-state index in [0.29, 0.717) is 0 Å². The van der Waals surface area contributed by atoms with E-state index in [1.54, 1.807) is 0 Å². The Morgan fingerprint density at radius 3 is 1.15 bits per heavy atom. The van der Waals surface area contributed by atoms with Crippen LogP contribution in [0.5, 0.6) is 0 Å². The third-order valence-corrected chi connectivity index (χ3v) is 7.06. The van der Waals surface area contributed by atoms with Crippen molar-refractivity contribution in [1.82, 2.24) is 24.9 Å². The molecule has 0 unspecified atom stereocenters. The highest BCUT2D eigenvalue weighted by molar-refractivity contribution is 5.91. The summed E-state index contributed by atoms with van der Waals surface area (Å²) < 4.78 is 28.0. The van der Waals surface area contributed by atoms with Gasteiger partial charge in [0.2, 0.25) is 0 Å². The number of carbonyl (C=O) groups excluding carboxylic acids is 5. The van der Waals surface area contributed by atoms with Gasteiger partial charge in [-0.05, 0) is 60.7 Å². The summed E-state index contributed by atoms with van der Waals surface area (Å²) in [6.45, 7) is -1.62. The van der Waals surface area contributed by atoms with Crippen LogP contribution >= 0.6 is 0 Å². The molecule has 5 aromatic heterocycles. The minimum Gasteiger partial charge on any atom is -0.459 e. The van der Waals surface area contributed by atoms with E-state index in [9.17, 15) is 29.1 Å². The zero-order valence-corrected chi connectivity index (χ0v) is 27.0. The smallest absolute Gasteiger partial charge is 0.340 e. The first-order valence-electron chi connectivity index (χ1n) is 15.5. The fraction of sp³-hybridized carbons (Fsp3) is 0.167. The molecule has 0 spiro atoms. The molecule has 0 fully saturated rings. The summed E-state index contributed by atoms with van der Waals surface area (Å²) in [5.74, 6) is -4.90. The third kappa shape index (κ3) is 10.1. The van der Waals surface area contributed by atoms with Crippen molar-refractivity contribution in [3.05, 3.63) is 150 Å². The fourth-order valence-electron chi connectivity index (χ4n) is 4.50. The minimum atomic E-state index is -1.95. The Morgan fingerprint density at radius 1 is 0.462 bits per heavy atom. The SMILES string of the molecule is O=C(OC[C@@H](O)[C@@H](OC(=O)c1cccnc1)[C@H](OC(=O)c1cccnc1)[C@@H](COC(=O)c1cccnc1)OC(=O)c1cccnc1)c1cccnc1. The van der Waals surface area contributed by atoms with Gasteiger partial charge in [0.25, 0.3) is 0 Å². The second-order valence-electron chi connectivity index (χ2n) is 10.7. The summed E-state index contributed by atoms with van der Waals surface area (Å²) in [5, 5.41) is 11.6. The summed E-state index contributed by atoms with van der Waals surface area (Å²) in [4.78, 5) is 85.7. The van der Waals surface area contributed by atoms with Crippen molar-refractivity contribution < 1.29 is 52.8 Å².